The fraction of sp³-hybridized carbons (Fsp3) is 0.727. The van der Waals surface area contributed by atoms with Crippen LogP contribution >= 0.6 is 0 Å². The molecule has 5 heteroatoms. The Morgan fingerprint density at radius 3 is 2.62 bits per heavy atom. The molecule has 0 bridgehead atoms. The Labute approximate surface area is 98.5 Å². The molecule has 4 nitrogen and oxygen atoms in total. The van der Waals surface area contributed by atoms with E-state index >= 15 is 0 Å². The summed E-state index contributed by atoms with van der Waals surface area (Å²) in [5, 5.41) is 8.45. The lowest BCUT2D eigenvalue weighted by Crippen LogP contribution is -2.11. The minimum atomic E-state index is -1.14. The van der Waals surface area contributed by atoms with Gasteiger partial charge in [-0.1, -0.05) is 20.8 Å². The van der Waals surface area contributed by atoms with Crippen LogP contribution < -0.4 is 0 Å². The Hall–Kier alpha value is -0.680. The molecule has 2 atom stereocenters. The van der Waals surface area contributed by atoms with Gasteiger partial charge in [0.25, 0.3) is 0 Å². The number of hydrogen-bond acceptors (Lipinski definition) is 4. The smallest absolute Gasteiger partial charge is 0.209 e. The third-order valence-electron chi connectivity index (χ3n) is 2.30. The van der Waals surface area contributed by atoms with Crippen molar-refractivity contribution >= 4 is 10.8 Å². The van der Waals surface area contributed by atoms with Crippen molar-refractivity contribution in [3.8, 4) is 0 Å². The molecule has 0 saturated carbocycles. The van der Waals surface area contributed by atoms with Gasteiger partial charge in [0.2, 0.25) is 5.89 Å². The number of hydrogen-bond donors (Lipinski definition) is 1. The van der Waals surface area contributed by atoms with Gasteiger partial charge in [-0.25, -0.2) is 4.98 Å². The summed E-state index contributed by atoms with van der Waals surface area (Å²) in [5.41, 5.74) is -0.0938. The SMILES string of the molecule is C[C@H](c1ncc(C(C)(C)C)o1)[S@](=O)CCO. The molecule has 0 amide bonds. The lowest BCUT2D eigenvalue weighted by molar-refractivity contribution is 0.320. The monoisotopic (exact) mass is 245 g/mol. The van der Waals surface area contributed by atoms with Crippen LogP contribution in [0, 0.1) is 0 Å². The standard InChI is InChI=1S/C11H19NO3S/c1-8(16(14)6-5-13)10-12-7-9(15-10)11(2,3)4/h7-8,13H,5-6H2,1-4H3/t8-,16-/m1/s1. The zero-order chi connectivity index (χ0) is 12.3. The summed E-state index contributed by atoms with van der Waals surface area (Å²) >= 11 is 0. The van der Waals surface area contributed by atoms with E-state index in [9.17, 15) is 4.21 Å². The van der Waals surface area contributed by atoms with Crippen molar-refractivity contribution in [1.82, 2.24) is 4.98 Å². The number of oxazole rings is 1. The molecule has 0 aromatic carbocycles. The first-order chi connectivity index (χ1) is 7.36. The first-order valence-electron chi connectivity index (χ1n) is 5.30. The number of rotatable bonds is 4. The van der Waals surface area contributed by atoms with Crippen LogP contribution in [0.1, 0.15) is 44.6 Å². The number of nitrogens with zero attached hydrogens (tertiary/aromatic N) is 1. The third kappa shape index (κ3) is 3.15. The van der Waals surface area contributed by atoms with E-state index in [1.807, 2.05) is 20.8 Å². The highest BCUT2D eigenvalue weighted by Crippen LogP contribution is 2.26. The molecule has 0 saturated heterocycles. The number of aliphatic hydroxyl groups is 1. The molecule has 0 spiro atoms. The van der Waals surface area contributed by atoms with Gasteiger partial charge in [0.15, 0.2) is 0 Å². The van der Waals surface area contributed by atoms with Gasteiger partial charge in [-0.05, 0) is 6.92 Å². The topological polar surface area (TPSA) is 63.3 Å². The summed E-state index contributed by atoms with van der Waals surface area (Å²) in [6.07, 6.45) is 1.68. The molecular formula is C11H19NO3S. The Bertz CT molecular complexity index is 368. The molecular weight excluding hydrogens is 226 g/mol. The first kappa shape index (κ1) is 13.4. The quantitative estimate of drug-likeness (QED) is 0.878. The van der Waals surface area contributed by atoms with Crippen LogP contribution in [-0.2, 0) is 16.2 Å². The predicted molar refractivity (Wildman–Crippen MR) is 63.7 cm³/mol. The molecule has 92 valence electrons. The van der Waals surface area contributed by atoms with E-state index in [0.717, 1.165) is 5.76 Å². The van der Waals surface area contributed by atoms with E-state index in [-0.39, 0.29) is 23.0 Å². The second kappa shape index (κ2) is 5.10. The normalized spacial score (nSPS) is 16.1. The van der Waals surface area contributed by atoms with Crippen molar-refractivity contribution < 1.29 is 13.7 Å². The van der Waals surface area contributed by atoms with Gasteiger partial charge in [0, 0.05) is 22.0 Å². The molecule has 1 aromatic rings. The molecule has 0 aliphatic rings. The maximum Gasteiger partial charge on any atom is 0.209 e. The number of aromatic nitrogens is 1. The second-order valence-corrected chi connectivity index (χ2v) is 6.64. The van der Waals surface area contributed by atoms with Crippen molar-refractivity contribution in [3.05, 3.63) is 17.8 Å². The largest absolute Gasteiger partial charge is 0.444 e. The highest BCUT2D eigenvalue weighted by molar-refractivity contribution is 7.85. The summed E-state index contributed by atoms with van der Waals surface area (Å²) in [6, 6.07) is 0. The highest BCUT2D eigenvalue weighted by Gasteiger charge is 2.23. The Balaban J connectivity index is 2.82. The van der Waals surface area contributed by atoms with Crippen molar-refractivity contribution in [2.75, 3.05) is 12.4 Å². The molecule has 1 N–H and O–H groups in total. The van der Waals surface area contributed by atoms with Gasteiger partial charge in [0.1, 0.15) is 11.0 Å². The van der Waals surface area contributed by atoms with Crippen molar-refractivity contribution in [2.24, 2.45) is 0 Å². The van der Waals surface area contributed by atoms with Crippen LogP contribution in [0.25, 0.3) is 0 Å². The van der Waals surface area contributed by atoms with E-state index in [0.29, 0.717) is 5.89 Å². The molecule has 1 heterocycles. The second-order valence-electron chi connectivity index (χ2n) is 4.76. The van der Waals surface area contributed by atoms with Crippen molar-refractivity contribution in [3.63, 3.8) is 0 Å². The van der Waals surface area contributed by atoms with E-state index < -0.39 is 10.8 Å². The van der Waals surface area contributed by atoms with E-state index in [4.69, 9.17) is 9.52 Å². The lowest BCUT2D eigenvalue weighted by atomic mass is 9.94. The zero-order valence-corrected chi connectivity index (χ0v) is 11.0. The molecule has 1 rings (SSSR count). The van der Waals surface area contributed by atoms with Crippen LogP contribution in [0.5, 0.6) is 0 Å². The lowest BCUT2D eigenvalue weighted by Gasteiger charge is -2.13. The Morgan fingerprint density at radius 1 is 1.56 bits per heavy atom. The van der Waals surface area contributed by atoms with Crippen LogP contribution in [0.3, 0.4) is 0 Å². The Kier molecular flexibility index (Phi) is 4.27. The minimum absolute atomic E-state index is 0.0796. The van der Waals surface area contributed by atoms with Gasteiger partial charge in [-0.15, -0.1) is 0 Å². The van der Waals surface area contributed by atoms with Gasteiger partial charge >= 0.3 is 0 Å². The van der Waals surface area contributed by atoms with Gasteiger partial charge < -0.3 is 9.52 Å². The van der Waals surface area contributed by atoms with Crippen LogP contribution in [0.4, 0.5) is 0 Å². The first-order valence-corrected chi connectivity index (χ1v) is 6.68. The van der Waals surface area contributed by atoms with Crippen molar-refractivity contribution in [2.45, 2.75) is 38.4 Å². The molecule has 16 heavy (non-hydrogen) atoms. The molecule has 0 aliphatic carbocycles. The molecule has 0 aliphatic heterocycles. The summed E-state index contributed by atoms with van der Waals surface area (Å²) in [5.74, 6) is 1.53. The third-order valence-corrected chi connectivity index (χ3v) is 3.87. The molecule has 0 fully saturated rings. The van der Waals surface area contributed by atoms with E-state index in [1.54, 1.807) is 13.1 Å². The maximum absolute atomic E-state index is 11.7. The minimum Gasteiger partial charge on any atom is -0.444 e. The average molecular weight is 245 g/mol. The summed E-state index contributed by atoms with van der Waals surface area (Å²) < 4.78 is 17.2. The van der Waals surface area contributed by atoms with Crippen LogP contribution in [0.15, 0.2) is 10.6 Å². The van der Waals surface area contributed by atoms with Gasteiger partial charge in [0.05, 0.1) is 12.8 Å². The van der Waals surface area contributed by atoms with Crippen molar-refractivity contribution in [1.29, 1.82) is 0 Å². The van der Waals surface area contributed by atoms with Gasteiger partial charge in [-0.3, -0.25) is 4.21 Å². The fourth-order valence-electron chi connectivity index (χ4n) is 1.20. The fourth-order valence-corrected chi connectivity index (χ4v) is 2.07. The predicted octanol–water partition coefficient (Wildman–Crippen LogP) is 1.77. The average Bonchev–Trinajstić information content (AvgIpc) is 2.65. The van der Waals surface area contributed by atoms with E-state index in [1.165, 1.54) is 0 Å². The van der Waals surface area contributed by atoms with Gasteiger partial charge in [-0.2, -0.15) is 0 Å². The molecule has 1 aromatic heterocycles. The highest BCUT2D eigenvalue weighted by atomic mass is 32.2. The summed E-state index contributed by atoms with van der Waals surface area (Å²) in [4.78, 5) is 4.14. The van der Waals surface area contributed by atoms with Crippen LogP contribution in [-0.4, -0.2) is 26.7 Å². The summed E-state index contributed by atoms with van der Waals surface area (Å²) in [7, 11) is -1.14. The molecule has 0 unspecified atom stereocenters. The zero-order valence-electron chi connectivity index (χ0n) is 10.2. The maximum atomic E-state index is 11.7. The van der Waals surface area contributed by atoms with Crippen LogP contribution in [0.2, 0.25) is 0 Å². The molecule has 0 radical (unpaired) electrons. The summed E-state index contributed by atoms with van der Waals surface area (Å²) in [6.45, 7) is 7.82. The van der Waals surface area contributed by atoms with E-state index in [2.05, 4.69) is 4.98 Å². The number of aliphatic hydroxyl groups excluding tert-OH is 1. The Morgan fingerprint density at radius 2 is 2.19 bits per heavy atom.